The second-order valence-electron chi connectivity index (χ2n) is 4.34. The highest BCUT2D eigenvalue weighted by molar-refractivity contribution is 5.77. The van der Waals surface area contributed by atoms with E-state index in [9.17, 15) is 4.79 Å². The van der Waals surface area contributed by atoms with E-state index in [2.05, 4.69) is 19.2 Å². The number of nitrogens with one attached hydrogen (secondary N) is 1. The number of hydrogen-bond acceptors (Lipinski definition) is 3. The monoisotopic (exact) mass is 246 g/mol. The molecule has 0 bridgehead atoms. The summed E-state index contributed by atoms with van der Waals surface area (Å²) in [5.41, 5.74) is 2.12. The number of methoxy groups -OCH3 is 1. The number of ether oxygens (including phenoxy) is 1. The number of benzene rings is 1. The van der Waals surface area contributed by atoms with Gasteiger partial charge >= 0.3 is 0 Å². The molecule has 4 nitrogen and oxygen atoms in total. The van der Waals surface area contributed by atoms with Gasteiger partial charge in [0, 0.05) is 6.54 Å². The fraction of sp³-hybridized carbons (Fsp3) is 0.429. The van der Waals surface area contributed by atoms with E-state index in [0.717, 1.165) is 16.9 Å². The van der Waals surface area contributed by atoms with Gasteiger partial charge in [-0.15, -0.1) is 0 Å². The van der Waals surface area contributed by atoms with Gasteiger partial charge in [0.05, 0.1) is 13.2 Å². The summed E-state index contributed by atoms with van der Waals surface area (Å²) in [6, 6.07) is 7.66. The summed E-state index contributed by atoms with van der Waals surface area (Å²) in [6.07, 6.45) is -0.104. The zero-order valence-electron chi connectivity index (χ0n) is 11.0. The predicted molar refractivity (Wildman–Crippen MR) is 69.2 cm³/mol. The summed E-state index contributed by atoms with van der Waals surface area (Å²) in [6.45, 7) is 4.62. The first-order valence-electron chi connectivity index (χ1n) is 5.89. The Morgan fingerprint density at radius 1 is 1.50 bits per heavy atom. The molecule has 1 rings (SSSR count). The molecule has 0 spiro atoms. The summed E-state index contributed by atoms with van der Waals surface area (Å²) in [5.74, 6) is 0.964. The maximum atomic E-state index is 11.2. The summed E-state index contributed by atoms with van der Waals surface area (Å²) in [7, 11) is 1.65. The molecule has 0 atom stereocenters. The number of carbonyl (C=O) groups excluding carboxylic acids is 1. The first-order valence-corrected chi connectivity index (χ1v) is 5.89. The SMILES string of the molecule is COc1ccc(CNC(=O)CC#N)cc1C(C)C. The molecule has 0 aliphatic carbocycles. The standard InChI is InChI=1S/C14H18N2O2/c1-10(2)12-8-11(4-5-13(12)18-3)9-16-14(17)6-7-15/h4-5,8,10H,6,9H2,1-3H3,(H,16,17). The van der Waals surface area contributed by atoms with Crippen LogP contribution in [0.15, 0.2) is 18.2 Å². The van der Waals surface area contributed by atoms with Crippen molar-refractivity contribution in [2.24, 2.45) is 0 Å². The van der Waals surface area contributed by atoms with E-state index in [-0.39, 0.29) is 12.3 Å². The van der Waals surface area contributed by atoms with E-state index in [1.54, 1.807) is 7.11 Å². The van der Waals surface area contributed by atoms with Gasteiger partial charge in [-0.05, 0) is 23.1 Å². The molecule has 0 saturated heterocycles. The fourth-order valence-electron chi connectivity index (χ4n) is 1.68. The molecule has 0 aliphatic rings. The lowest BCUT2D eigenvalue weighted by molar-refractivity contribution is -0.120. The molecule has 0 radical (unpaired) electrons. The van der Waals surface area contributed by atoms with Crippen LogP contribution in [0.5, 0.6) is 5.75 Å². The third-order valence-electron chi connectivity index (χ3n) is 2.65. The lowest BCUT2D eigenvalue weighted by atomic mass is 9.99. The van der Waals surface area contributed by atoms with Gasteiger partial charge in [-0.25, -0.2) is 0 Å². The first-order chi connectivity index (χ1) is 8.58. The number of nitrogens with zero attached hydrogens (tertiary/aromatic N) is 1. The van der Waals surface area contributed by atoms with Crippen molar-refractivity contribution in [3.63, 3.8) is 0 Å². The van der Waals surface area contributed by atoms with Gasteiger partial charge in [0.15, 0.2) is 0 Å². The Morgan fingerprint density at radius 2 is 2.22 bits per heavy atom. The minimum absolute atomic E-state index is 0.104. The van der Waals surface area contributed by atoms with Crippen LogP contribution in [0.25, 0.3) is 0 Å². The smallest absolute Gasteiger partial charge is 0.234 e. The first kappa shape index (κ1) is 14.0. The Labute approximate surface area is 108 Å². The second kappa shape index (κ2) is 6.65. The number of hydrogen-bond donors (Lipinski definition) is 1. The molecule has 96 valence electrons. The maximum absolute atomic E-state index is 11.2. The lowest BCUT2D eigenvalue weighted by Crippen LogP contribution is -2.21. The molecule has 0 saturated carbocycles. The lowest BCUT2D eigenvalue weighted by Gasteiger charge is -2.13. The third kappa shape index (κ3) is 3.77. The molecule has 0 unspecified atom stereocenters. The normalized spacial score (nSPS) is 9.94. The van der Waals surface area contributed by atoms with Crippen LogP contribution in [0.2, 0.25) is 0 Å². The molecular formula is C14H18N2O2. The molecule has 0 aliphatic heterocycles. The number of rotatable bonds is 5. The van der Waals surface area contributed by atoms with E-state index in [1.165, 1.54) is 0 Å². The van der Waals surface area contributed by atoms with Crippen LogP contribution in [-0.4, -0.2) is 13.0 Å². The third-order valence-corrected chi connectivity index (χ3v) is 2.65. The highest BCUT2D eigenvalue weighted by Crippen LogP contribution is 2.27. The van der Waals surface area contributed by atoms with Crippen molar-refractivity contribution in [3.05, 3.63) is 29.3 Å². The average Bonchev–Trinajstić information content (AvgIpc) is 2.36. The molecule has 1 aromatic rings. The minimum Gasteiger partial charge on any atom is -0.496 e. The van der Waals surface area contributed by atoms with Gasteiger partial charge in [-0.3, -0.25) is 4.79 Å². The summed E-state index contributed by atoms with van der Waals surface area (Å²) < 4.78 is 5.30. The number of nitriles is 1. The van der Waals surface area contributed by atoms with Gasteiger partial charge in [0.25, 0.3) is 0 Å². The highest BCUT2D eigenvalue weighted by atomic mass is 16.5. The molecule has 1 aromatic carbocycles. The Kier molecular flexibility index (Phi) is 5.19. The van der Waals surface area contributed by atoms with E-state index in [0.29, 0.717) is 12.5 Å². The average molecular weight is 246 g/mol. The Hall–Kier alpha value is -2.02. The van der Waals surface area contributed by atoms with E-state index >= 15 is 0 Å². The van der Waals surface area contributed by atoms with Crippen molar-refractivity contribution in [2.75, 3.05) is 7.11 Å². The van der Waals surface area contributed by atoms with Gasteiger partial charge < -0.3 is 10.1 Å². The predicted octanol–water partition coefficient (Wildman–Crippen LogP) is 2.35. The molecule has 4 heteroatoms. The summed E-state index contributed by atoms with van der Waals surface area (Å²) in [4.78, 5) is 11.2. The molecule has 18 heavy (non-hydrogen) atoms. The highest BCUT2D eigenvalue weighted by Gasteiger charge is 2.08. The largest absolute Gasteiger partial charge is 0.496 e. The maximum Gasteiger partial charge on any atom is 0.234 e. The van der Waals surface area contributed by atoms with E-state index in [4.69, 9.17) is 10.00 Å². The Balaban J connectivity index is 2.76. The molecule has 0 fully saturated rings. The van der Waals surface area contributed by atoms with Gasteiger partial charge in [-0.2, -0.15) is 5.26 Å². The van der Waals surface area contributed by atoms with Crippen LogP contribution in [0, 0.1) is 11.3 Å². The van der Waals surface area contributed by atoms with Crippen molar-refractivity contribution < 1.29 is 9.53 Å². The van der Waals surface area contributed by atoms with Crippen molar-refractivity contribution in [3.8, 4) is 11.8 Å². The van der Waals surface area contributed by atoms with Gasteiger partial charge in [0.1, 0.15) is 12.2 Å². The molecule has 0 heterocycles. The van der Waals surface area contributed by atoms with Crippen molar-refractivity contribution in [1.29, 1.82) is 5.26 Å². The topological polar surface area (TPSA) is 62.1 Å². The van der Waals surface area contributed by atoms with Gasteiger partial charge in [-0.1, -0.05) is 26.0 Å². The van der Waals surface area contributed by atoms with Crippen molar-refractivity contribution in [1.82, 2.24) is 5.32 Å². The fourth-order valence-corrected chi connectivity index (χ4v) is 1.68. The number of carbonyl (C=O) groups is 1. The molecule has 0 aromatic heterocycles. The summed E-state index contributed by atoms with van der Waals surface area (Å²) >= 11 is 0. The summed E-state index contributed by atoms with van der Waals surface area (Å²) in [5, 5.41) is 11.1. The molecule has 1 N–H and O–H groups in total. The van der Waals surface area contributed by atoms with Crippen LogP contribution < -0.4 is 10.1 Å². The quantitative estimate of drug-likeness (QED) is 0.867. The van der Waals surface area contributed by atoms with Crippen LogP contribution >= 0.6 is 0 Å². The minimum atomic E-state index is -0.251. The Morgan fingerprint density at radius 3 is 2.78 bits per heavy atom. The van der Waals surface area contributed by atoms with E-state index < -0.39 is 0 Å². The molecule has 1 amide bonds. The van der Waals surface area contributed by atoms with Crippen LogP contribution in [0.1, 0.15) is 37.3 Å². The Bertz CT molecular complexity index is 461. The van der Waals surface area contributed by atoms with Crippen molar-refractivity contribution >= 4 is 5.91 Å². The number of amides is 1. The second-order valence-corrected chi connectivity index (χ2v) is 4.34. The van der Waals surface area contributed by atoms with Crippen LogP contribution in [0.3, 0.4) is 0 Å². The van der Waals surface area contributed by atoms with Crippen LogP contribution in [-0.2, 0) is 11.3 Å². The van der Waals surface area contributed by atoms with E-state index in [1.807, 2.05) is 24.3 Å². The van der Waals surface area contributed by atoms with Crippen LogP contribution in [0.4, 0.5) is 0 Å². The molecular weight excluding hydrogens is 228 g/mol. The zero-order chi connectivity index (χ0) is 13.5. The van der Waals surface area contributed by atoms with Gasteiger partial charge in [0.2, 0.25) is 5.91 Å². The van der Waals surface area contributed by atoms with Crippen molar-refractivity contribution in [2.45, 2.75) is 32.7 Å². The zero-order valence-corrected chi connectivity index (χ0v) is 11.0.